The lowest BCUT2D eigenvalue weighted by Crippen LogP contribution is -2.57. The summed E-state index contributed by atoms with van der Waals surface area (Å²) in [6, 6.07) is 4.38. The summed E-state index contributed by atoms with van der Waals surface area (Å²) in [5.41, 5.74) is 0.0162. The number of methoxy groups -OCH3 is 1. The Morgan fingerprint density at radius 3 is 2.41 bits per heavy atom. The van der Waals surface area contributed by atoms with Gasteiger partial charge in [-0.3, -0.25) is 9.59 Å². The van der Waals surface area contributed by atoms with Gasteiger partial charge in [0.15, 0.2) is 0 Å². The summed E-state index contributed by atoms with van der Waals surface area (Å²) in [4.78, 5) is 51.7. The Bertz CT molecular complexity index is 1010. The monoisotopic (exact) mass is 563 g/mol. The van der Waals surface area contributed by atoms with Crippen molar-refractivity contribution >= 4 is 35.6 Å². The van der Waals surface area contributed by atoms with Gasteiger partial charge in [0.1, 0.15) is 36.1 Å². The fourth-order valence-electron chi connectivity index (χ4n) is 3.71. The number of ether oxygens (including phenoxy) is 3. The molecule has 2 aliphatic rings. The molecule has 2 aliphatic heterocycles. The first-order valence-electron chi connectivity index (χ1n) is 13.0. The number of thioether (sulfide) groups is 1. The summed E-state index contributed by atoms with van der Waals surface area (Å²) in [6.45, 7) is 9.39. The highest BCUT2D eigenvalue weighted by atomic mass is 32.2. The maximum Gasteiger partial charge on any atom is 0.408 e. The van der Waals surface area contributed by atoms with Gasteiger partial charge in [-0.05, 0) is 50.8 Å². The van der Waals surface area contributed by atoms with Crippen LogP contribution in [0.1, 0.15) is 46.6 Å². The van der Waals surface area contributed by atoms with Gasteiger partial charge in [-0.15, -0.1) is 0 Å². The third-order valence-corrected chi connectivity index (χ3v) is 6.52. The van der Waals surface area contributed by atoms with Crippen molar-refractivity contribution in [3.05, 3.63) is 42.0 Å². The van der Waals surface area contributed by atoms with Crippen LogP contribution in [0.4, 0.5) is 4.79 Å². The average molecular weight is 564 g/mol. The lowest BCUT2D eigenvalue weighted by molar-refractivity contribution is -0.144. The van der Waals surface area contributed by atoms with Gasteiger partial charge >= 0.3 is 12.1 Å². The van der Waals surface area contributed by atoms with Gasteiger partial charge in [-0.1, -0.05) is 38.1 Å². The summed E-state index contributed by atoms with van der Waals surface area (Å²) in [5, 5.41) is 8.16. The molecule has 3 atom stereocenters. The molecule has 0 aliphatic carbocycles. The number of carbonyl (C=O) groups is 4. The zero-order chi connectivity index (χ0) is 29.0. The van der Waals surface area contributed by atoms with Crippen molar-refractivity contribution in [2.24, 2.45) is 5.92 Å². The topological polar surface area (TPSA) is 132 Å². The molecule has 1 aromatic rings. The van der Waals surface area contributed by atoms with Gasteiger partial charge in [0, 0.05) is 17.9 Å². The van der Waals surface area contributed by atoms with E-state index in [4.69, 9.17) is 14.2 Å². The van der Waals surface area contributed by atoms with Crippen LogP contribution in [0.2, 0.25) is 0 Å². The molecule has 0 fully saturated rings. The van der Waals surface area contributed by atoms with Crippen molar-refractivity contribution in [2.75, 3.05) is 25.2 Å². The van der Waals surface area contributed by atoms with Gasteiger partial charge in [-0.2, -0.15) is 11.8 Å². The molecule has 3 amide bonds. The Labute approximate surface area is 235 Å². The minimum absolute atomic E-state index is 0.0588. The number of rotatable bonds is 4. The van der Waals surface area contributed by atoms with E-state index < -0.39 is 47.6 Å². The van der Waals surface area contributed by atoms with Crippen molar-refractivity contribution in [2.45, 2.75) is 71.2 Å². The SMILES string of the molecule is COC(=O)[C@@H]1CSC/C=C\COc2ccc(cc2)C[C@H](NC(=O)OC(C)(C)C)C(=O)N[C@@H](CC(C)C)C(=O)N1. The molecular formula is C28H41N3O7S. The first-order valence-corrected chi connectivity index (χ1v) is 14.2. The van der Waals surface area contributed by atoms with Crippen LogP contribution in [0, 0.1) is 5.92 Å². The van der Waals surface area contributed by atoms with Crippen molar-refractivity contribution in [3.8, 4) is 5.75 Å². The van der Waals surface area contributed by atoms with E-state index in [0.717, 1.165) is 5.56 Å². The lowest BCUT2D eigenvalue weighted by Gasteiger charge is -2.27. The fraction of sp³-hybridized carbons (Fsp3) is 0.571. The number of esters is 1. The number of nitrogens with one attached hydrogen (secondary N) is 3. The van der Waals surface area contributed by atoms with Crippen LogP contribution in [-0.4, -0.2) is 72.8 Å². The van der Waals surface area contributed by atoms with Gasteiger partial charge in [0.05, 0.1) is 7.11 Å². The van der Waals surface area contributed by atoms with E-state index >= 15 is 0 Å². The smallest absolute Gasteiger partial charge is 0.408 e. The quantitative estimate of drug-likeness (QED) is 0.376. The zero-order valence-corrected chi connectivity index (χ0v) is 24.4. The van der Waals surface area contributed by atoms with Crippen LogP contribution >= 0.6 is 11.8 Å². The molecule has 11 heteroatoms. The summed E-state index contributed by atoms with van der Waals surface area (Å²) < 4.78 is 16.0. The van der Waals surface area contributed by atoms with E-state index in [-0.39, 0.29) is 18.1 Å². The molecule has 3 rings (SSSR count). The third kappa shape index (κ3) is 12.0. The van der Waals surface area contributed by atoms with Crippen molar-refractivity contribution in [3.63, 3.8) is 0 Å². The number of hydrogen-bond acceptors (Lipinski definition) is 8. The van der Waals surface area contributed by atoms with Crippen molar-refractivity contribution < 1.29 is 33.4 Å². The molecule has 2 bridgehead atoms. The molecule has 0 saturated carbocycles. The predicted molar refractivity (Wildman–Crippen MR) is 151 cm³/mol. The van der Waals surface area contributed by atoms with Crippen LogP contribution in [0.5, 0.6) is 5.75 Å². The number of carbonyl (C=O) groups excluding carboxylic acids is 4. The Balaban J connectivity index is 2.37. The second-order valence-electron chi connectivity index (χ2n) is 10.6. The molecule has 0 saturated heterocycles. The van der Waals surface area contributed by atoms with E-state index in [1.807, 2.05) is 38.1 Å². The molecule has 0 aromatic heterocycles. The van der Waals surface area contributed by atoms with E-state index in [9.17, 15) is 19.2 Å². The van der Waals surface area contributed by atoms with Gasteiger partial charge < -0.3 is 30.2 Å². The highest BCUT2D eigenvalue weighted by molar-refractivity contribution is 7.99. The first-order chi connectivity index (χ1) is 18.4. The second kappa shape index (κ2) is 15.4. The minimum atomic E-state index is -1.02. The van der Waals surface area contributed by atoms with Gasteiger partial charge in [0.2, 0.25) is 11.8 Å². The van der Waals surface area contributed by atoms with Crippen LogP contribution in [0.25, 0.3) is 0 Å². The molecule has 39 heavy (non-hydrogen) atoms. The Kier molecular flexibility index (Phi) is 12.6. The Hall–Kier alpha value is -3.21. The average Bonchev–Trinajstić information content (AvgIpc) is 2.85. The normalized spacial score (nSPS) is 22.3. The van der Waals surface area contributed by atoms with Crippen LogP contribution < -0.4 is 20.7 Å². The number of fused-ring (bicyclic) bond motifs is 15. The number of amides is 3. The van der Waals surface area contributed by atoms with Crippen LogP contribution in [-0.2, 0) is 30.3 Å². The molecule has 0 unspecified atom stereocenters. The predicted octanol–water partition coefficient (Wildman–Crippen LogP) is 2.99. The summed E-state index contributed by atoms with van der Waals surface area (Å²) >= 11 is 1.45. The van der Waals surface area contributed by atoms with Crippen LogP contribution in [0.15, 0.2) is 36.4 Å². The van der Waals surface area contributed by atoms with Crippen molar-refractivity contribution in [1.82, 2.24) is 16.0 Å². The van der Waals surface area contributed by atoms with E-state index in [1.165, 1.54) is 18.9 Å². The van der Waals surface area contributed by atoms with Gasteiger partial charge in [0.25, 0.3) is 0 Å². The highest BCUT2D eigenvalue weighted by Gasteiger charge is 2.31. The molecule has 10 nitrogen and oxygen atoms in total. The summed E-state index contributed by atoms with van der Waals surface area (Å²) in [6.07, 6.45) is 3.54. The first kappa shape index (κ1) is 32.0. The molecule has 0 spiro atoms. The van der Waals surface area contributed by atoms with Crippen LogP contribution in [0.3, 0.4) is 0 Å². The number of benzene rings is 1. The zero-order valence-electron chi connectivity index (χ0n) is 23.6. The van der Waals surface area contributed by atoms with E-state index in [2.05, 4.69) is 16.0 Å². The number of alkyl carbamates (subject to hydrolysis) is 1. The standard InChI is InChI=1S/C28H41N3O7S/c1-18(2)15-21-24(32)30-23(26(34)36-6)17-39-14-8-7-13-37-20-11-9-19(10-12-20)16-22(25(33)29-21)31-27(35)38-28(3,4)5/h7-12,18,21-23H,13-17H2,1-6H3,(H,29,33)(H,30,32)(H,31,35)/b8-7-/t21-,22-,23-/m0/s1. The maximum atomic E-state index is 13.5. The number of hydrogen-bond donors (Lipinski definition) is 3. The molecule has 216 valence electrons. The Morgan fingerprint density at radius 2 is 1.79 bits per heavy atom. The molecule has 3 N–H and O–H groups in total. The van der Waals surface area contributed by atoms with E-state index in [0.29, 0.717) is 24.5 Å². The second-order valence-corrected chi connectivity index (χ2v) is 11.7. The van der Waals surface area contributed by atoms with Crippen molar-refractivity contribution in [1.29, 1.82) is 0 Å². The lowest BCUT2D eigenvalue weighted by atomic mass is 10.0. The molecule has 2 heterocycles. The fourth-order valence-corrected chi connectivity index (χ4v) is 4.57. The molecule has 1 aromatic carbocycles. The van der Waals surface area contributed by atoms with E-state index in [1.54, 1.807) is 32.9 Å². The minimum Gasteiger partial charge on any atom is -0.490 e. The summed E-state index contributed by atoms with van der Waals surface area (Å²) in [5.74, 6) is -0.0135. The largest absolute Gasteiger partial charge is 0.490 e. The maximum absolute atomic E-state index is 13.5. The highest BCUT2D eigenvalue weighted by Crippen LogP contribution is 2.16. The molecular weight excluding hydrogens is 522 g/mol. The molecule has 0 radical (unpaired) electrons. The Morgan fingerprint density at radius 1 is 1.10 bits per heavy atom. The summed E-state index contributed by atoms with van der Waals surface area (Å²) in [7, 11) is 1.26. The third-order valence-electron chi connectivity index (χ3n) is 5.52. The van der Waals surface area contributed by atoms with Gasteiger partial charge in [-0.25, -0.2) is 9.59 Å².